The minimum Gasteiger partial charge on any atom is -0.391 e. The fourth-order valence-electron chi connectivity index (χ4n) is 3.50. The molecule has 0 aliphatic carbocycles. The molecule has 7 nitrogen and oxygen atoms in total. The summed E-state index contributed by atoms with van der Waals surface area (Å²) in [6.45, 7) is 3.51. The van der Waals surface area contributed by atoms with Gasteiger partial charge in [-0.25, -0.2) is 8.42 Å². The number of nitrogens with zero attached hydrogens (tertiary/aromatic N) is 1. The lowest BCUT2D eigenvalue weighted by Crippen LogP contribution is -2.34. The van der Waals surface area contributed by atoms with E-state index in [1.165, 1.54) is 10.6 Å². The van der Waals surface area contributed by atoms with Gasteiger partial charge in [-0.05, 0) is 37.1 Å². The maximum atomic E-state index is 12.3. The maximum absolute atomic E-state index is 12.3. The standard InChI is InChI=1S/C16H23N3O4S/c1-10-5-12-6-11(3-4-14(12)19(10)24(2,22)23)16(21)18-8-13-7-17-9-15(13)20/h3-4,6,10,13,15,17,20H,5,7-9H2,1-2H3,(H,18,21). The number of carbonyl (C=O) groups excluding carboxylic acids is 1. The molecule has 1 aromatic rings. The van der Waals surface area contributed by atoms with Crippen LogP contribution in [-0.4, -0.2) is 57.5 Å². The Morgan fingerprint density at radius 1 is 1.42 bits per heavy atom. The first-order valence-corrected chi connectivity index (χ1v) is 9.91. The summed E-state index contributed by atoms with van der Waals surface area (Å²) in [7, 11) is -3.33. The fourth-order valence-corrected chi connectivity index (χ4v) is 4.77. The Balaban J connectivity index is 1.73. The summed E-state index contributed by atoms with van der Waals surface area (Å²) in [5.74, 6) is -0.188. The monoisotopic (exact) mass is 353 g/mol. The van der Waals surface area contributed by atoms with Gasteiger partial charge in [-0.1, -0.05) is 0 Å². The van der Waals surface area contributed by atoms with E-state index in [4.69, 9.17) is 0 Å². The molecule has 0 radical (unpaired) electrons. The molecule has 3 atom stereocenters. The molecular weight excluding hydrogens is 330 g/mol. The number of fused-ring (bicyclic) bond motifs is 1. The molecule has 132 valence electrons. The molecule has 1 amide bonds. The molecule has 0 bridgehead atoms. The van der Waals surface area contributed by atoms with Crippen LogP contribution in [0.2, 0.25) is 0 Å². The van der Waals surface area contributed by atoms with Gasteiger partial charge in [0.25, 0.3) is 5.91 Å². The van der Waals surface area contributed by atoms with Crippen molar-refractivity contribution in [1.82, 2.24) is 10.6 Å². The fraction of sp³-hybridized carbons (Fsp3) is 0.562. The van der Waals surface area contributed by atoms with Crippen molar-refractivity contribution in [2.45, 2.75) is 25.5 Å². The highest BCUT2D eigenvalue weighted by Gasteiger charge is 2.33. The van der Waals surface area contributed by atoms with Crippen molar-refractivity contribution in [1.29, 1.82) is 0 Å². The number of benzene rings is 1. The summed E-state index contributed by atoms with van der Waals surface area (Å²) in [5.41, 5.74) is 2.02. The number of amides is 1. The van der Waals surface area contributed by atoms with Gasteiger partial charge in [-0.3, -0.25) is 9.10 Å². The van der Waals surface area contributed by atoms with Crippen molar-refractivity contribution >= 4 is 21.6 Å². The van der Waals surface area contributed by atoms with E-state index >= 15 is 0 Å². The van der Waals surface area contributed by atoms with E-state index in [0.717, 1.165) is 5.56 Å². The molecule has 24 heavy (non-hydrogen) atoms. The highest BCUT2D eigenvalue weighted by molar-refractivity contribution is 7.92. The maximum Gasteiger partial charge on any atom is 0.251 e. The Kier molecular flexibility index (Phi) is 4.54. The quantitative estimate of drug-likeness (QED) is 0.691. The number of rotatable bonds is 4. The minimum atomic E-state index is -3.33. The first kappa shape index (κ1) is 17.2. The van der Waals surface area contributed by atoms with Gasteiger partial charge in [0, 0.05) is 37.2 Å². The number of β-amino-alcohol motifs (C(OH)–C–C–N with tert-alkyl or cyclic N) is 1. The van der Waals surface area contributed by atoms with E-state index in [1.807, 2.05) is 6.92 Å². The number of hydrogen-bond acceptors (Lipinski definition) is 5. The van der Waals surface area contributed by atoms with Crippen LogP contribution >= 0.6 is 0 Å². The second-order valence-electron chi connectivity index (χ2n) is 6.65. The Morgan fingerprint density at radius 3 is 2.79 bits per heavy atom. The molecule has 2 aliphatic rings. The molecule has 0 aromatic heterocycles. The molecular formula is C16H23N3O4S. The van der Waals surface area contributed by atoms with Gasteiger partial charge in [0.2, 0.25) is 10.0 Å². The first-order chi connectivity index (χ1) is 11.3. The van der Waals surface area contributed by atoms with Gasteiger partial charge in [0.05, 0.1) is 18.0 Å². The summed E-state index contributed by atoms with van der Waals surface area (Å²) in [6.07, 6.45) is 1.35. The second-order valence-corrected chi connectivity index (χ2v) is 8.51. The minimum absolute atomic E-state index is 0.0177. The molecule has 8 heteroatoms. The Morgan fingerprint density at radius 2 is 2.17 bits per heavy atom. The number of sulfonamides is 1. The smallest absolute Gasteiger partial charge is 0.251 e. The topological polar surface area (TPSA) is 98.7 Å². The van der Waals surface area contributed by atoms with Crippen LogP contribution in [0.4, 0.5) is 5.69 Å². The zero-order valence-corrected chi connectivity index (χ0v) is 14.6. The third-order valence-corrected chi connectivity index (χ3v) is 5.95. The number of aliphatic hydroxyl groups is 1. The number of hydrogen-bond donors (Lipinski definition) is 3. The van der Waals surface area contributed by atoms with Crippen LogP contribution in [0.3, 0.4) is 0 Å². The lowest BCUT2D eigenvalue weighted by molar-refractivity contribution is 0.0927. The van der Waals surface area contributed by atoms with Crippen molar-refractivity contribution in [3.05, 3.63) is 29.3 Å². The second kappa shape index (κ2) is 6.34. The van der Waals surface area contributed by atoms with E-state index in [0.29, 0.717) is 37.3 Å². The molecule has 2 aliphatic heterocycles. The Bertz CT molecular complexity index is 750. The van der Waals surface area contributed by atoms with Crippen LogP contribution in [-0.2, 0) is 16.4 Å². The van der Waals surface area contributed by atoms with Gasteiger partial charge in [0.1, 0.15) is 0 Å². The first-order valence-electron chi connectivity index (χ1n) is 8.06. The van der Waals surface area contributed by atoms with Gasteiger partial charge < -0.3 is 15.7 Å². The molecule has 1 fully saturated rings. The van der Waals surface area contributed by atoms with Crippen molar-refractivity contribution in [2.24, 2.45) is 5.92 Å². The zero-order chi connectivity index (χ0) is 17.5. The van der Waals surface area contributed by atoms with E-state index in [9.17, 15) is 18.3 Å². The predicted octanol–water partition coefficient (Wildman–Crippen LogP) is -0.293. The highest BCUT2D eigenvalue weighted by Crippen LogP contribution is 2.34. The number of carbonyl (C=O) groups is 1. The molecule has 0 saturated carbocycles. The van der Waals surface area contributed by atoms with Gasteiger partial charge in [0.15, 0.2) is 0 Å². The van der Waals surface area contributed by atoms with E-state index in [1.54, 1.807) is 18.2 Å². The normalized spacial score (nSPS) is 26.5. The molecule has 3 unspecified atom stereocenters. The predicted molar refractivity (Wildman–Crippen MR) is 91.6 cm³/mol. The van der Waals surface area contributed by atoms with Crippen LogP contribution in [0.25, 0.3) is 0 Å². The van der Waals surface area contributed by atoms with Crippen molar-refractivity contribution in [2.75, 3.05) is 30.2 Å². The number of anilines is 1. The van der Waals surface area contributed by atoms with Gasteiger partial charge in [-0.15, -0.1) is 0 Å². The molecule has 1 saturated heterocycles. The van der Waals surface area contributed by atoms with Crippen LogP contribution in [0, 0.1) is 5.92 Å². The lowest BCUT2D eigenvalue weighted by Gasteiger charge is -2.22. The summed E-state index contributed by atoms with van der Waals surface area (Å²) >= 11 is 0. The van der Waals surface area contributed by atoms with Crippen LogP contribution in [0.1, 0.15) is 22.8 Å². The lowest BCUT2D eigenvalue weighted by atomic mass is 10.0. The third kappa shape index (κ3) is 3.26. The van der Waals surface area contributed by atoms with Crippen LogP contribution < -0.4 is 14.9 Å². The van der Waals surface area contributed by atoms with Gasteiger partial charge in [-0.2, -0.15) is 0 Å². The summed E-state index contributed by atoms with van der Waals surface area (Å²) in [5, 5.41) is 15.7. The van der Waals surface area contributed by atoms with Gasteiger partial charge >= 0.3 is 0 Å². The SMILES string of the molecule is CC1Cc2cc(C(=O)NCC3CNCC3O)ccc2N1S(C)(=O)=O. The Hall–Kier alpha value is -1.64. The number of aliphatic hydroxyl groups excluding tert-OH is 1. The van der Waals surface area contributed by atoms with Crippen LogP contribution in [0.5, 0.6) is 0 Å². The summed E-state index contributed by atoms with van der Waals surface area (Å²) in [6, 6.07) is 4.96. The number of nitrogens with one attached hydrogen (secondary N) is 2. The summed E-state index contributed by atoms with van der Waals surface area (Å²) in [4.78, 5) is 12.3. The highest BCUT2D eigenvalue weighted by atomic mass is 32.2. The van der Waals surface area contributed by atoms with E-state index < -0.39 is 16.1 Å². The largest absolute Gasteiger partial charge is 0.391 e. The van der Waals surface area contributed by atoms with Crippen molar-refractivity contribution < 1.29 is 18.3 Å². The molecule has 2 heterocycles. The zero-order valence-electron chi connectivity index (χ0n) is 13.8. The summed E-state index contributed by atoms with van der Waals surface area (Å²) < 4.78 is 25.3. The third-order valence-electron chi connectivity index (χ3n) is 4.68. The van der Waals surface area contributed by atoms with Crippen LogP contribution in [0.15, 0.2) is 18.2 Å². The van der Waals surface area contributed by atoms with E-state index in [-0.39, 0.29) is 17.9 Å². The molecule has 3 N–H and O–H groups in total. The Labute approximate surface area is 142 Å². The molecule has 0 spiro atoms. The average molecular weight is 353 g/mol. The molecule has 1 aromatic carbocycles. The van der Waals surface area contributed by atoms with Crippen molar-refractivity contribution in [3.8, 4) is 0 Å². The van der Waals surface area contributed by atoms with Crippen molar-refractivity contribution in [3.63, 3.8) is 0 Å². The van der Waals surface area contributed by atoms with E-state index in [2.05, 4.69) is 10.6 Å². The average Bonchev–Trinajstić information content (AvgIpc) is 3.05. The molecule has 3 rings (SSSR count).